The molecular weight excluding hydrogens is 380 g/mol. The van der Waals surface area contributed by atoms with E-state index < -0.39 is 19.9 Å². The summed E-state index contributed by atoms with van der Waals surface area (Å²) in [4.78, 5) is 11.8. The van der Waals surface area contributed by atoms with Crippen LogP contribution in [-0.2, 0) is 9.05 Å². The lowest BCUT2D eigenvalue weighted by Crippen LogP contribution is -2.29. The molecule has 1 fully saturated rings. The molecule has 0 atom stereocenters. The molecule has 0 unspecified atom stereocenters. The minimum atomic E-state index is -4.14. The molecule has 0 aliphatic heterocycles. The lowest BCUT2D eigenvalue weighted by Gasteiger charge is -2.14. The Morgan fingerprint density at radius 2 is 1.86 bits per heavy atom. The first-order chi connectivity index (χ1) is 9.55. The van der Waals surface area contributed by atoms with E-state index in [2.05, 4.69) is 5.32 Å². The van der Waals surface area contributed by atoms with Gasteiger partial charge in [0.15, 0.2) is 0 Å². The minimum Gasteiger partial charge on any atom is -0.351 e. The highest BCUT2D eigenvalue weighted by Gasteiger charge is 2.37. The topological polar surface area (TPSA) is 63.2 Å². The number of halogens is 4. The number of benzene rings is 1. The van der Waals surface area contributed by atoms with Crippen LogP contribution in [-0.4, -0.2) is 20.9 Å². The van der Waals surface area contributed by atoms with Crippen LogP contribution in [0.25, 0.3) is 0 Å². The molecule has 0 heterocycles. The molecule has 1 aliphatic carbocycles. The molecule has 2 rings (SSSR count). The quantitative estimate of drug-likeness (QED) is 0.621. The molecule has 21 heavy (non-hydrogen) atoms. The van der Waals surface area contributed by atoms with Crippen LogP contribution in [0.4, 0.5) is 0 Å². The number of hydrogen-bond acceptors (Lipinski definition) is 3. The van der Waals surface area contributed by atoms with Crippen molar-refractivity contribution in [3.63, 3.8) is 0 Å². The molecule has 0 aromatic heterocycles. The average Bonchev–Trinajstić information content (AvgIpc) is 3.09. The highest BCUT2D eigenvalue weighted by Crippen LogP contribution is 2.44. The van der Waals surface area contributed by atoms with Crippen LogP contribution in [0, 0.1) is 5.41 Å². The Kier molecular flexibility index (Phi) is 4.72. The standard InChI is InChI=1S/C12H11Cl4NO3S/c1-12(2-3-12)5-17-11(18)8-9(14)6(13)4-7(10(8)15)21(16,19)20/h4H,2-3,5H2,1H3,(H,17,18). The van der Waals surface area contributed by atoms with Crippen LogP contribution in [0.2, 0.25) is 15.1 Å². The molecule has 1 saturated carbocycles. The highest BCUT2D eigenvalue weighted by atomic mass is 35.7. The third-order valence-corrected chi connectivity index (χ3v) is 6.03. The molecule has 9 heteroatoms. The van der Waals surface area contributed by atoms with Crippen LogP contribution in [0.3, 0.4) is 0 Å². The number of carbonyl (C=O) groups is 1. The van der Waals surface area contributed by atoms with Gasteiger partial charge in [-0.15, -0.1) is 0 Å². The summed E-state index contributed by atoms with van der Waals surface area (Å²) in [6, 6.07) is 1.02. The monoisotopic (exact) mass is 389 g/mol. The second-order valence-electron chi connectivity index (χ2n) is 5.29. The van der Waals surface area contributed by atoms with Crippen molar-refractivity contribution in [2.75, 3.05) is 6.54 Å². The number of hydrogen-bond donors (Lipinski definition) is 1. The van der Waals surface area contributed by atoms with Gasteiger partial charge in [-0.25, -0.2) is 8.42 Å². The summed E-state index contributed by atoms with van der Waals surface area (Å²) < 4.78 is 22.9. The minimum absolute atomic E-state index is 0.0780. The predicted molar refractivity (Wildman–Crippen MR) is 84.2 cm³/mol. The first-order valence-electron chi connectivity index (χ1n) is 5.95. The van der Waals surface area contributed by atoms with Crippen LogP contribution >= 0.6 is 45.5 Å². The van der Waals surface area contributed by atoms with Crippen molar-refractivity contribution >= 4 is 60.4 Å². The van der Waals surface area contributed by atoms with E-state index in [0.717, 1.165) is 18.9 Å². The Morgan fingerprint density at radius 3 is 2.33 bits per heavy atom. The summed E-state index contributed by atoms with van der Waals surface area (Å²) in [5, 5.41) is 2.13. The van der Waals surface area contributed by atoms with E-state index in [-0.39, 0.29) is 26.0 Å². The largest absolute Gasteiger partial charge is 0.351 e. The van der Waals surface area contributed by atoms with E-state index in [9.17, 15) is 13.2 Å². The van der Waals surface area contributed by atoms with Crippen molar-refractivity contribution < 1.29 is 13.2 Å². The smallest absolute Gasteiger partial charge is 0.262 e. The van der Waals surface area contributed by atoms with Crippen molar-refractivity contribution in [2.24, 2.45) is 5.41 Å². The fraction of sp³-hybridized carbons (Fsp3) is 0.417. The average molecular weight is 391 g/mol. The third-order valence-electron chi connectivity index (χ3n) is 3.39. The number of rotatable bonds is 4. The molecule has 4 nitrogen and oxygen atoms in total. The van der Waals surface area contributed by atoms with Crippen LogP contribution in [0.5, 0.6) is 0 Å². The maximum atomic E-state index is 12.2. The molecule has 0 radical (unpaired) electrons. The molecule has 0 bridgehead atoms. The number of nitrogens with one attached hydrogen (secondary N) is 1. The molecule has 116 valence electrons. The first kappa shape index (κ1) is 17.2. The van der Waals surface area contributed by atoms with E-state index in [4.69, 9.17) is 45.5 Å². The zero-order chi connectivity index (χ0) is 16.0. The van der Waals surface area contributed by atoms with Gasteiger partial charge in [0, 0.05) is 17.2 Å². The van der Waals surface area contributed by atoms with E-state index in [1.807, 2.05) is 6.92 Å². The summed E-state index contributed by atoms with van der Waals surface area (Å²) in [7, 11) is 1.14. The Labute approximate surface area is 142 Å². The van der Waals surface area contributed by atoms with Crippen LogP contribution < -0.4 is 5.32 Å². The second-order valence-corrected chi connectivity index (χ2v) is 8.99. The van der Waals surface area contributed by atoms with Gasteiger partial charge in [0.2, 0.25) is 0 Å². The maximum Gasteiger partial charge on any atom is 0.262 e. The SMILES string of the molecule is CC1(CNC(=O)c2c(Cl)c(Cl)cc(S(=O)(=O)Cl)c2Cl)CC1. The molecule has 1 N–H and O–H groups in total. The molecule has 1 aliphatic rings. The van der Waals surface area contributed by atoms with Gasteiger partial charge in [0.1, 0.15) is 4.90 Å². The summed E-state index contributed by atoms with van der Waals surface area (Å²) in [5.41, 5.74) is -0.108. The van der Waals surface area contributed by atoms with Gasteiger partial charge in [-0.1, -0.05) is 41.7 Å². The van der Waals surface area contributed by atoms with Crippen molar-refractivity contribution in [2.45, 2.75) is 24.7 Å². The second kappa shape index (κ2) is 5.78. The molecule has 1 amide bonds. The summed E-state index contributed by atoms with van der Waals surface area (Å²) >= 11 is 17.8. The Morgan fingerprint density at radius 1 is 1.29 bits per heavy atom. The molecule has 0 spiro atoms. The molecule has 0 saturated heterocycles. The van der Waals surface area contributed by atoms with Gasteiger partial charge >= 0.3 is 0 Å². The summed E-state index contributed by atoms with van der Waals surface area (Å²) in [6.45, 7) is 2.48. The molecular formula is C12H11Cl4NO3S. The maximum absolute atomic E-state index is 12.2. The van der Waals surface area contributed by atoms with Gasteiger partial charge in [-0.05, 0) is 24.3 Å². The Hall–Kier alpha value is -0.200. The van der Waals surface area contributed by atoms with Crippen molar-refractivity contribution in [3.8, 4) is 0 Å². The Bertz CT molecular complexity index is 714. The normalized spacial score (nSPS) is 16.6. The van der Waals surface area contributed by atoms with E-state index in [1.54, 1.807) is 0 Å². The van der Waals surface area contributed by atoms with Crippen molar-refractivity contribution in [1.82, 2.24) is 5.32 Å². The molecule has 1 aromatic carbocycles. The number of carbonyl (C=O) groups excluding carboxylic acids is 1. The lowest BCUT2D eigenvalue weighted by atomic mass is 10.1. The third kappa shape index (κ3) is 3.77. The van der Waals surface area contributed by atoms with E-state index in [1.165, 1.54) is 0 Å². The van der Waals surface area contributed by atoms with E-state index in [0.29, 0.717) is 6.54 Å². The number of amides is 1. The summed E-state index contributed by atoms with van der Waals surface area (Å²) in [6.07, 6.45) is 2.04. The zero-order valence-corrected chi connectivity index (χ0v) is 14.7. The Balaban J connectivity index is 2.42. The lowest BCUT2D eigenvalue weighted by molar-refractivity contribution is 0.0946. The molecule has 1 aromatic rings. The van der Waals surface area contributed by atoms with Gasteiger partial charge in [-0.3, -0.25) is 4.79 Å². The predicted octanol–water partition coefficient (Wildman–Crippen LogP) is 4.10. The van der Waals surface area contributed by atoms with Crippen molar-refractivity contribution in [3.05, 3.63) is 26.7 Å². The zero-order valence-electron chi connectivity index (χ0n) is 10.8. The van der Waals surface area contributed by atoms with Gasteiger partial charge in [-0.2, -0.15) is 0 Å². The summed E-state index contributed by atoms with van der Waals surface area (Å²) in [5.74, 6) is -0.581. The van der Waals surface area contributed by atoms with E-state index >= 15 is 0 Å². The fourth-order valence-corrected chi connectivity index (χ4v) is 3.88. The van der Waals surface area contributed by atoms with Gasteiger partial charge in [0.25, 0.3) is 15.0 Å². The fourth-order valence-electron chi connectivity index (χ4n) is 1.73. The van der Waals surface area contributed by atoms with Crippen LogP contribution in [0.1, 0.15) is 30.1 Å². The van der Waals surface area contributed by atoms with Crippen LogP contribution in [0.15, 0.2) is 11.0 Å². The first-order valence-corrected chi connectivity index (χ1v) is 9.40. The van der Waals surface area contributed by atoms with Gasteiger partial charge < -0.3 is 5.32 Å². The highest BCUT2D eigenvalue weighted by molar-refractivity contribution is 8.13. The van der Waals surface area contributed by atoms with Crippen molar-refractivity contribution in [1.29, 1.82) is 0 Å². The van der Waals surface area contributed by atoms with Gasteiger partial charge in [0.05, 0.1) is 20.6 Å².